The van der Waals surface area contributed by atoms with Crippen LogP contribution in [0.1, 0.15) is 39.7 Å². The van der Waals surface area contributed by atoms with E-state index in [0.29, 0.717) is 11.1 Å². The van der Waals surface area contributed by atoms with Gasteiger partial charge in [-0.3, -0.25) is 9.59 Å². The third-order valence-electron chi connectivity index (χ3n) is 3.29. The molecule has 1 aromatic heterocycles. The molecule has 2 N–H and O–H groups in total. The lowest BCUT2D eigenvalue weighted by Crippen LogP contribution is -2.45. The van der Waals surface area contributed by atoms with Crippen molar-refractivity contribution in [1.29, 1.82) is 5.26 Å². The van der Waals surface area contributed by atoms with Gasteiger partial charge in [-0.15, -0.1) is 11.3 Å². The van der Waals surface area contributed by atoms with Gasteiger partial charge in [0.15, 0.2) is 0 Å². The highest BCUT2D eigenvalue weighted by Gasteiger charge is 2.26. The Bertz CT molecular complexity index is 788. The summed E-state index contributed by atoms with van der Waals surface area (Å²) in [4.78, 5) is 29.4. The molecule has 2 aromatic rings. The van der Waals surface area contributed by atoms with Crippen molar-refractivity contribution in [2.75, 3.05) is 6.54 Å². The van der Waals surface area contributed by atoms with Crippen LogP contribution in [0.15, 0.2) is 30.5 Å². The molecule has 124 valence electrons. The Balaban J connectivity index is 1.90. The number of carbonyl (C=O) groups is 2. The number of thiazole rings is 1. The van der Waals surface area contributed by atoms with Crippen LogP contribution < -0.4 is 10.6 Å². The van der Waals surface area contributed by atoms with Gasteiger partial charge in [0.05, 0.1) is 23.7 Å². The van der Waals surface area contributed by atoms with Gasteiger partial charge in [-0.1, -0.05) is 0 Å². The van der Waals surface area contributed by atoms with Crippen molar-refractivity contribution in [3.63, 3.8) is 0 Å². The molecule has 0 aliphatic rings. The van der Waals surface area contributed by atoms with Crippen molar-refractivity contribution in [1.82, 2.24) is 15.6 Å². The maximum atomic E-state index is 12.1. The lowest BCUT2D eigenvalue weighted by atomic mass is 10.1. The summed E-state index contributed by atoms with van der Waals surface area (Å²) in [6, 6.07) is 8.20. The van der Waals surface area contributed by atoms with Crippen LogP contribution in [-0.2, 0) is 10.3 Å². The number of aryl methyl sites for hydroxylation is 1. The topological polar surface area (TPSA) is 94.9 Å². The zero-order valence-corrected chi connectivity index (χ0v) is 14.5. The quantitative estimate of drug-likeness (QED) is 0.870. The second-order valence-electron chi connectivity index (χ2n) is 5.82. The van der Waals surface area contributed by atoms with Crippen molar-refractivity contribution in [3.05, 3.63) is 51.5 Å². The van der Waals surface area contributed by atoms with Crippen molar-refractivity contribution in [3.8, 4) is 6.07 Å². The maximum Gasteiger partial charge on any atom is 0.251 e. The molecule has 1 aromatic carbocycles. The second kappa shape index (κ2) is 7.23. The van der Waals surface area contributed by atoms with Gasteiger partial charge in [0.25, 0.3) is 5.91 Å². The van der Waals surface area contributed by atoms with E-state index in [2.05, 4.69) is 15.6 Å². The molecule has 2 amide bonds. The van der Waals surface area contributed by atoms with Crippen molar-refractivity contribution in [2.24, 2.45) is 0 Å². The molecule has 7 heteroatoms. The SMILES string of the molecule is Cc1cnc(C(C)(C)NC(=O)CNC(=O)c2ccc(C#N)cc2)s1. The summed E-state index contributed by atoms with van der Waals surface area (Å²) in [6.07, 6.45) is 1.76. The predicted octanol–water partition coefficient (Wildman–Crippen LogP) is 2.10. The van der Waals surface area contributed by atoms with E-state index in [0.717, 1.165) is 9.88 Å². The molecule has 0 atom stereocenters. The predicted molar refractivity (Wildman–Crippen MR) is 91.5 cm³/mol. The van der Waals surface area contributed by atoms with E-state index in [1.807, 2.05) is 26.8 Å². The van der Waals surface area contributed by atoms with Gasteiger partial charge >= 0.3 is 0 Å². The van der Waals surface area contributed by atoms with Crippen molar-refractivity contribution >= 4 is 23.2 Å². The van der Waals surface area contributed by atoms with Crippen molar-refractivity contribution < 1.29 is 9.59 Å². The standard InChI is InChI=1S/C17H18N4O2S/c1-11-9-20-16(24-11)17(2,3)21-14(22)10-19-15(23)13-6-4-12(8-18)5-7-13/h4-7,9H,10H2,1-3H3,(H,19,23)(H,21,22). The first kappa shape index (κ1) is 17.6. The average Bonchev–Trinajstić information content (AvgIpc) is 3.00. The third kappa shape index (κ3) is 4.40. The summed E-state index contributed by atoms with van der Waals surface area (Å²) in [5.74, 6) is -0.660. The van der Waals surface area contributed by atoms with Gasteiger partial charge in [-0.25, -0.2) is 4.98 Å². The van der Waals surface area contributed by atoms with E-state index in [4.69, 9.17) is 5.26 Å². The van der Waals surface area contributed by atoms with Crippen LogP contribution >= 0.6 is 11.3 Å². The molecular formula is C17H18N4O2S. The number of benzene rings is 1. The summed E-state index contributed by atoms with van der Waals surface area (Å²) in [5.41, 5.74) is 0.274. The zero-order valence-electron chi connectivity index (χ0n) is 13.7. The monoisotopic (exact) mass is 342 g/mol. The highest BCUT2D eigenvalue weighted by atomic mass is 32.1. The molecule has 0 fully saturated rings. The fourth-order valence-electron chi connectivity index (χ4n) is 2.05. The van der Waals surface area contributed by atoms with Crippen LogP contribution in [-0.4, -0.2) is 23.3 Å². The molecule has 0 aliphatic carbocycles. The number of hydrogen-bond acceptors (Lipinski definition) is 5. The number of carbonyl (C=O) groups excluding carboxylic acids is 2. The Morgan fingerprint density at radius 2 is 1.96 bits per heavy atom. The molecule has 0 saturated heterocycles. The molecule has 24 heavy (non-hydrogen) atoms. The van der Waals surface area contributed by atoms with E-state index in [1.165, 1.54) is 11.3 Å². The molecule has 0 unspecified atom stereocenters. The Hall–Kier alpha value is -2.72. The van der Waals surface area contributed by atoms with Gasteiger partial charge < -0.3 is 10.6 Å². The largest absolute Gasteiger partial charge is 0.343 e. The Kier molecular flexibility index (Phi) is 5.31. The van der Waals surface area contributed by atoms with Gasteiger partial charge in [-0.2, -0.15) is 5.26 Å². The Labute approximate surface area is 144 Å². The lowest BCUT2D eigenvalue weighted by Gasteiger charge is -2.23. The summed E-state index contributed by atoms with van der Waals surface area (Å²) in [5, 5.41) is 15.0. The van der Waals surface area contributed by atoms with E-state index < -0.39 is 5.54 Å². The summed E-state index contributed by atoms with van der Waals surface area (Å²) < 4.78 is 0. The minimum atomic E-state index is -0.602. The van der Waals surface area contributed by atoms with Gasteiger partial charge in [0.1, 0.15) is 5.01 Å². The first-order valence-corrected chi connectivity index (χ1v) is 8.16. The third-order valence-corrected chi connectivity index (χ3v) is 4.53. The van der Waals surface area contributed by atoms with E-state index in [1.54, 1.807) is 30.5 Å². The van der Waals surface area contributed by atoms with Crippen LogP contribution in [0.3, 0.4) is 0 Å². The molecular weight excluding hydrogens is 324 g/mol. The number of amides is 2. The molecule has 2 rings (SSSR count). The molecule has 6 nitrogen and oxygen atoms in total. The zero-order chi connectivity index (χ0) is 17.7. The number of hydrogen-bond donors (Lipinski definition) is 2. The molecule has 1 heterocycles. The molecule has 0 saturated carbocycles. The smallest absolute Gasteiger partial charge is 0.251 e. The van der Waals surface area contributed by atoms with Crippen LogP contribution in [0, 0.1) is 18.3 Å². The van der Waals surface area contributed by atoms with E-state index in [9.17, 15) is 9.59 Å². The normalized spacial score (nSPS) is 10.8. The highest BCUT2D eigenvalue weighted by molar-refractivity contribution is 7.11. The summed E-state index contributed by atoms with van der Waals surface area (Å²) in [7, 11) is 0. The van der Waals surface area contributed by atoms with Gasteiger partial charge in [0, 0.05) is 16.6 Å². The minimum absolute atomic E-state index is 0.132. The van der Waals surface area contributed by atoms with Crippen molar-refractivity contribution in [2.45, 2.75) is 26.3 Å². The highest BCUT2D eigenvalue weighted by Crippen LogP contribution is 2.24. The Morgan fingerprint density at radius 1 is 1.29 bits per heavy atom. The fraction of sp³-hybridized carbons (Fsp3) is 0.294. The lowest BCUT2D eigenvalue weighted by molar-refractivity contribution is -0.121. The van der Waals surface area contributed by atoms with Crippen LogP contribution in [0.5, 0.6) is 0 Å². The van der Waals surface area contributed by atoms with E-state index in [-0.39, 0.29) is 18.4 Å². The Morgan fingerprint density at radius 3 is 2.50 bits per heavy atom. The number of rotatable bonds is 5. The molecule has 0 bridgehead atoms. The minimum Gasteiger partial charge on any atom is -0.343 e. The first-order valence-electron chi connectivity index (χ1n) is 7.34. The summed E-state index contributed by atoms with van der Waals surface area (Å²) >= 11 is 1.52. The molecule has 0 aliphatic heterocycles. The maximum absolute atomic E-state index is 12.1. The van der Waals surface area contributed by atoms with Gasteiger partial charge in [-0.05, 0) is 45.0 Å². The summed E-state index contributed by atoms with van der Waals surface area (Å²) in [6.45, 7) is 5.56. The average molecular weight is 342 g/mol. The number of nitrogens with one attached hydrogen (secondary N) is 2. The number of nitriles is 1. The van der Waals surface area contributed by atoms with Crippen LogP contribution in [0.25, 0.3) is 0 Å². The first-order chi connectivity index (χ1) is 11.3. The molecule has 0 spiro atoms. The van der Waals surface area contributed by atoms with Gasteiger partial charge in [0.2, 0.25) is 5.91 Å². The van der Waals surface area contributed by atoms with Crippen LogP contribution in [0.4, 0.5) is 0 Å². The van der Waals surface area contributed by atoms with E-state index >= 15 is 0 Å². The number of aromatic nitrogens is 1. The fourth-order valence-corrected chi connectivity index (χ4v) is 2.87. The molecule has 0 radical (unpaired) electrons. The number of nitrogens with zero attached hydrogens (tertiary/aromatic N) is 2. The second-order valence-corrected chi connectivity index (χ2v) is 7.06. The van der Waals surface area contributed by atoms with Crippen LogP contribution in [0.2, 0.25) is 0 Å².